The first kappa shape index (κ1) is 12.8. The molecule has 0 unspecified atom stereocenters. The third-order valence-electron chi connectivity index (χ3n) is 2.32. The van der Waals surface area contributed by atoms with Gasteiger partial charge in [-0.05, 0) is 29.8 Å². The van der Waals surface area contributed by atoms with E-state index in [0.717, 1.165) is 10.0 Å². The number of hydrogen-bond acceptors (Lipinski definition) is 2. The molecule has 0 fully saturated rings. The molecular weight excluding hydrogens is 299 g/mol. The molecular formula is C14H10BrFO2. The average Bonchev–Trinajstić information content (AvgIpc) is 2.36. The van der Waals surface area contributed by atoms with Gasteiger partial charge >= 0.3 is 0 Å². The maximum atomic E-state index is 13.2. The fraction of sp³-hybridized carbons (Fsp3) is 0.0714. The van der Waals surface area contributed by atoms with Gasteiger partial charge in [-0.15, -0.1) is 0 Å². The Hall–Kier alpha value is -1.68. The maximum Gasteiger partial charge on any atom is 0.150 e. The number of benzene rings is 2. The molecule has 0 aromatic heterocycles. The zero-order chi connectivity index (χ0) is 13.0. The molecule has 0 aliphatic rings. The van der Waals surface area contributed by atoms with Crippen molar-refractivity contribution in [1.29, 1.82) is 0 Å². The van der Waals surface area contributed by atoms with Crippen molar-refractivity contribution in [2.45, 2.75) is 6.61 Å². The van der Waals surface area contributed by atoms with Crippen molar-refractivity contribution in [3.05, 3.63) is 63.9 Å². The summed E-state index contributed by atoms with van der Waals surface area (Å²) in [6.07, 6.45) is 0.592. The lowest BCUT2D eigenvalue weighted by atomic mass is 10.2. The number of carbonyl (C=O) groups excluding carboxylic acids is 1. The second-order valence-electron chi connectivity index (χ2n) is 3.76. The molecule has 0 bridgehead atoms. The molecule has 92 valence electrons. The van der Waals surface area contributed by atoms with E-state index in [4.69, 9.17) is 4.74 Å². The summed E-state index contributed by atoms with van der Waals surface area (Å²) in [5.74, 6) is -0.138. The van der Waals surface area contributed by atoms with E-state index in [1.807, 2.05) is 24.3 Å². The zero-order valence-corrected chi connectivity index (χ0v) is 11.0. The summed E-state index contributed by atoms with van der Waals surface area (Å²) in [7, 11) is 0. The molecule has 0 spiro atoms. The smallest absolute Gasteiger partial charge is 0.150 e. The zero-order valence-electron chi connectivity index (χ0n) is 9.40. The summed E-state index contributed by atoms with van der Waals surface area (Å²) in [6, 6.07) is 11.6. The molecule has 2 nitrogen and oxygen atoms in total. The van der Waals surface area contributed by atoms with Crippen LogP contribution in [0.15, 0.2) is 46.9 Å². The van der Waals surface area contributed by atoms with Crippen LogP contribution >= 0.6 is 15.9 Å². The van der Waals surface area contributed by atoms with Crippen LogP contribution in [0.5, 0.6) is 5.75 Å². The van der Waals surface area contributed by atoms with Gasteiger partial charge in [-0.25, -0.2) is 4.39 Å². The van der Waals surface area contributed by atoms with Crippen LogP contribution in [0.1, 0.15) is 15.9 Å². The molecule has 4 heteroatoms. The van der Waals surface area contributed by atoms with E-state index < -0.39 is 5.82 Å². The van der Waals surface area contributed by atoms with Gasteiger partial charge in [0.05, 0.1) is 0 Å². The van der Waals surface area contributed by atoms with Gasteiger partial charge in [0.15, 0.2) is 0 Å². The minimum atomic E-state index is -0.483. The molecule has 0 N–H and O–H groups in total. The molecule has 18 heavy (non-hydrogen) atoms. The van der Waals surface area contributed by atoms with Crippen LogP contribution < -0.4 is 4.74 Å². The molecule has 0 saturated heterocycles. The van der Waals surface area contributed by atoms with E-state index in [1.54, 1.807) is 0 Å². The van der Waals surface area contributed by atoms with Crippen LogP contribution in [-0.2, 0) is 6.61 Å². The Morgan fingerprint density at radius 2 is 2.06 bits per heavy atom. The Balaban J connectivity index is 2.10. The third kappa shape index (κ3) is 3.40. The Bertz CT molecular complexity index is 569. The Kier molecular flexibility index (Phi) is 4.10. The summed E-state index contributed by atoms with van der Waals surface area (Å²) >= 11 is 3.36. The summed E-state index contributed by atoms with van der Waals surface area (Å²) in [5.41, 5.74) is 1.22. The molecule has 0 atom stereocenters. The molecule has 2 aromatic rings. The van der Waals surface area contributed by atoms with Gasteiger partial charge in [0.1, 0.15) is 24.5 Å². The van der Waals surface area contributed by atoms with Crippen LogP contribution in [0.25, 0.3) is 0 Å². The first-order valence-corrected chi connectivity index (χ1v) is 6.10. The standard InChI is InChI=1S/C14H10BrFO2/c15-12-3-1-2-10(4-12)9-18-14-6-11(8-17)5-13(16)7-14/h1-8H,9H2. The normalized spacial score (nSPS) is 10.1. The Morgan fingerprint density at radius 1 is 1.22 bits per heavy atom. The largest absolute Gasteiger partial charge is 0.489 e. The van der Waals surface area contributed by atoms with Crippen molar-refractivity contribution in [1.82, 2.24) is 0 Å². The Labute approximate surface area is 113 Å². The molecule has 2 aromatic carbocycles. The van der Waals surface area contributed by atoms with Crippen molar-refractivity contribution in [2.75, 3.05) is 0 Å². The van der Waals surface area contributed by atoms with Crippen LogP contribution in [0, 0.1) is 5.82 Å². The molecule has 0 aliphatic carbocycles. The lowest BCUT2D eigenvalue weighted by molar-refractivity contribution is 0.112. The van der Waals surface area contributed by atoms with Crippen molar-refractivity contribution < 1.29 is 13.9 Å². The lowest BCUT2D eigenvalue weighted by Gasteiger charge is -2.07. The highest BCUT2D eigenvalue weighted by atomic mass is 79.9. The molecule has 2 rings (SSSR count). The summed E-state index contributed by atoms with van der Waals surface area (Å²) in [4.78, 5) is 10.6. The van der Waals surface area contributed by atoms with Crippen LogP contribution in [0.2, 0.25) is 0 Å². The second-order valence-corrected chi connectivity index (χ2v) is 4.67. The average molecular weight is 309 g/mol. The van der Waals surface area contributed by atoms with Gasteiger partial charge in [-0.3, -0.25) is 4.79 Å². The minimum Gasteiger partial charge on any atom is -0.489 e. The van der Waals surface area contributed by atoms with Crippen molar-refractivity contribution in [2.24, 2.45) is 0 Å². The second kappa shape index (κ2) is 5.78. The first-order chi connectivity index (χ1) is 8.67. The predicted molar refractivity (Wildman–Crippen MR) is 70.3 cm³/mol. The topological polar surface area (TPSA) is 26.3 Å². The number of halogens is 2. The van der Waals surface area contributed by atoms with Crippen LogP contribution in [0.3, 0.4) is 0 Å². The first-order valence-electron chi connectivity index (χ1n) is 5.30. The van der Waals surface area contributed by atoms with Crippen LogP contribution in [0.4, 0.5) is 4.39 Å². The number of ether oxygens (including phenoxy) is 1. The van der Waals surface area contributed by atoms with E-state index in [2.05, 4.69) is 15.9 Å². The fourth-order valence-electron chi connectivity index (χ4n) is 1.53. The fourth-order valence-corrected chi connectivity index (χ4v) is 1.98. The van der Waals surface area contributed by atoms with Crippen molar-refractivity contribution in [3.8, 4) is 5.75 Å². The summed E-state index contributed by atoms with van der Waals surface area (Å²) < 4.78 is 19.6. The number of carbonyl (C=O) groups is 1. The number of rotatable bonds is 4. The predicted octanol–water partition coefficient (Wildman–Crippen LogP) is 3.98. The quantitative estimate of drug-likeness (QED) is 0.799. The minimum absolute atomic E-state index is 0.263. The van der Waals surface area contributed by atoms with Gasteiger partial charge in [0, 0.05) is 16.1 Å². The maximum absolute atomic E-state index is 13.2. The summed E-state index contributed by atoms with van der Waals surface area (Å²) in [5, 5.41) is 0. The lowest BCUT2D eigenvalue weighted by Crippen LogP contribution is -1.96. The highest BCUT2D eigenvalue weighted by Gasteiger charge is 2.02. The van der Waals surface area contributed by atoms with E-state index in [-0.39, 0.29) is 5.56 Å². The van der Waals surface area contributed by atoms with Gasteiger partial charge in [0.25, 0.3) is 0 Å². The monoisotopic (exact) mass is 308 g/mol. The molecule has 0 amide bonds. The molecule has 0 radical (unpaired) electrons. The third-order valence-corrected chi connectivity index (χ3v) is 2.82. The SMILES string of the molecule is O=Cc1cc(F)cc(OCc2cccc(Br)c2)c1. The van der Waals surface area contributed by atoms with Gasteiger partial charge < -0.3 is 4.74 Å². The highest BCUT2D eigenvalue weighted by molar-refractivity contribution is 9.10. The van der Waals surface area contributed by atoms with Gasteiger partial charge in [-0.1, -0.05) is 28.1 Å². The van der Waals surface area contributed by atoms with E-state index in [0.29, 0.717) is 18.6 Å². The van der Waals surface area contributed by atoms with E-state index in [1.165, 1.54) is 18.2 Å². The van der Waals surface area contributed by atoms with E-state index in [9.17, 15) is 9.18 Å². The van der Waals surface area contributed by atoms with Gasteiger partial charge in [-0.2, -0.15) is 0 Å². The molecule has 0 heterocycles. The van der Waals surface area contributed by atoms with E-state index >= 15 is 0 Å². The van der Waals surface area contributed by atoms with Crippen molar-refractivity contribution >= 4 is 22.2 Å². The number of aldehydes is 1. The highest BCUT2D eigenvalue weighted by Crippen LogP contribution is 2.18. The Morgan fingerprint density at radius 3 is 2.78 bits per heavy atom. The molecule has 0 saturated carbocycles. The van der Waals surface area contributed by atoms with Crippen LogP contribution in [-0.4, -0.2) is 6.29 Å². The number of hydrogen-bond donors (Lipinski definition) is 0. The van der Waals surface area contributed by atoms with Gasteiger partial charge in [0.2, 0.25) is 0 Å². The molecule has 0 aliphatic heterocycles. The summed E-state index contributed by atoms with van der Waals surface area (Å²) in [6.45, 7) is 0.321. The van der Waals surface area contributed by atoms with Crippen molar-refractivity contribution in [3.63, 3.8) is 0 Å².